The van der Waals surface area contributed by atoms with E-state index in [0.717, 1.165) is 6.92 Å². The lowest BCUT2D eigenvalue weighted by molar-refractivity contribution is -0.157. The van der Waals surface area contributed by atoms with E-state index in [1.54, 1.807) is 0 Å². The largest absolute Gasteiger partial charge is 0.498 e. The molecule has 0 aliphatic heterocycles. The topological polar surface area (TPSA) is 121 Å². The summed E-state index contributed by atoms with van der Waals surface area (Å²) in [7, 11) is -13.6. The molecule has 34 heavy (non-hydrogen) atoms. The van der Waals surface area contributed by atoms with Gasteiger partial charge in [0.25, 0.3) is 19.7 Å². The van der Waals surface area contributed by atoms with Gasteiger partial charge < -0.3 is 9.47 Å². The van der Waals surface area contributed by atoms with Crippen molar-refractivity contribution in [1.82, 2.24) is 0 Å². The molecule has 2 aliphatic carbocycles. The minimum Gasteiger partial charge on any atom is -0.462 e. The van der Waals surface area contributed by atoms with Gasteiger partial charge >= 0.3 is 23.0 Å². The summed E-state index contributed by atoms with van der Waals surface area (Å²) in [4.78, 5) is 24.1. The lowest BCUT2D eigenvalue weighted by Crippen LogP contribution is -2.46. The van der Waals surface area contributed by atoms with Crippen molar-refractivity contribution in [2.45, 2.75) is 67.3 Å². The van der Waals surface area contributed by atoms with Gasteiger partial charge in [-0.2, -0.15) is 26.3 Å². The van der Waals surface area contributed by atoms with Gasteiger partial charge in [0.2, 0.25) is 0 Å². The molecule has 0 radical (unpaired) electrons. The molecule has 5 unspecified atom stereocenters. The van der Waals surface area contributed by atoms with E-state index in [1.807, 2.05) is 0 Å². The second-order valence-corrected chi connectivity index (χ2v) is 13.0. The molecule has 0 N–H and O–H groups in total. The molecule has 0 aromatic rings. The average Bonchev–Trinajstić information content (AvgIpc) is 3.24. The van der Waals surface area contributed by atoms with Gasteiger partial charge in [0.15, 0.2) is 4.58 Å². The molecule has 2 fully saturated rings. The van der Waals surface area contributed by atoms with E-state index in [-0.39, 0.29) is 30.3 Å². The molecule has 0 aromatic carbocycles. The van der Waals surface area contributed by atoms with Crippen LogP contribution < -0.4 is 0 Å². The van der Waals surface area contributed by atoms with Gasteiger partial charge in [-0.1, -0.05) is 6.58 Å². The van der Waals surface area contributed by atoms with Crippen LogP contribution in [0.2, 0.25) is 0 Å². The summed E-state index contributed by atoms with van der Waals surface area (Å²) < 4.78 is 130. The van der Waals surface area contributed by atoms with Crippen molar-refractivity contribution in [3.8, 4) is 0 Å². The number of ether oxygens (including phenoxy) is 2. The summed E-state index contributed by atoms with van der Waals surface area (Å²) in [6.07, 6.45) is -3.28. The van der Waals surface area contributed by atoms with Crippen LogP contribution in [0.1, 0.15) is 39.5 Å². The first-order chi connectivity index (χ1) is 15.2. The van der Waals surface area contributed by atoms with Gasteiger partial charge in [-0.3, -0.25) is 4.79 Å². The fourth-order valence-corrected chi connectivity index (χ4v) is 7.85. The summed E-state index contributed by atoms with van der Waals surface area (Å²) in [5, 5.41) is 0. The van der Waals surface area contributed by atoms with E-state index in [1.165, 1.54) is 6.92 Å². The van der Waals surface area contributed by atoms with E-state index in [4.69, 9.17) is 9.47 Å². The predicted molar refractivity (Wildman–Crippen MR) is 103 cm³/mol. The molecule has 0 heterocycles. The van der Waals surface area contributed by atoms with Gasteiger partial charge in [-0.25, -0.2) is 21.6 Å². The van der Waals surface area contributed by atoms with Crippen molar-refractivity contribution in [3.63, 3.8) is 0 Å². The van der Waals surface area contributed by atoms with E-state index in [2.05, 4.69) is 6.58 Å². The summed E-state index contributed by atoms with van der Waals surface area (Å²) in [6, 6.07) is 0. The van der Waals surface area contributed by atoms with Crippen molar-refractivity contribution >= 4 is 31.6 Å². The molecule has 16 heteroatoms. The number of carbonyl (C=O) groups is 2. The van der Waals surface area contributed by atoms with Gasteiger partial charge in [0.05, 0.1) is 5.92 Å². The predicted octanol–water partition coefficient (Wildman–Crippen LogP) is 3.04. The Hall–Kier alpha value is -1.84. The quantitative estimate of drug-likeness (QED) is 0.260. The third-order valence-corrected chi connectivity index (χ3v) is 10.5. The Morgan fingerprint density at radius 2 is 1.44 bits per heavy atom. The molecule has 0 amide bonds. The highest BCUT2D eigenvalue weighted by molar-refractivity contribution is 8.09. The molecule has 2 saturated carbocycles. The van der Waals surface area contributed by atoms with Crippen LogP contribution in [-0.2, 0) is 38.7 Å². The first-order valence-corrected chi connectivity index (χ1v) is 13.0. The number of hydrogen-bond donors (Lipinski definition) is 0. The normalized spacial score (nSPS) is 26.4. The minimum absolute atomic E-state index is 0.162. The van der Waals surface area contributed by atoms with Gasteiger partial charge in [-0.05, 0) is 44.9 Å². The molecule has 2 bridgehead atoms. The molecule has 5 atom stereocenters. The summed E-state index contributed by atoms with van der Waals surface area (Å²) in [5.74, 6) is -3.03. The third kappa shape index (κ3) is 5.52. The van der Waals surface area contributed by atoms with E-state index < -0.39 is 71.8 Å². The Bertz CT molecular complexity index is 1000. The van der Waals surface area contributed by atoms with Crippen molar-refractivity contribution in [1.29, 1.82) is 0 Å². The number of halogens is 6. The fraction of sp³-hybridized carbons (Fsp3) is 0.778. The highest BCUT2D eigenvalue weighted by Gasteiger charge is 2.63. The molecular weight excluding hydrogens is 522 g/mol. The first-order valence-electron chi connectivity index (χ1n) is 9.87. The number of fused-ring (bicyclic) bond motifs is 2. The highest BCUT2D eigenvalue weighted by Crippen LogP contribution is 2.50. The monoisotopic (exact) mass is 544 g/mol. The SMILES string of the molecule is C=C(C)C(=O)OC1CC2CC1CC2C(=O)OC(C)CC(S(=O)(=O)C(F)(F)F)S(=O)(=O)C(F)(F)F. The van der Waals surface area contributed by atoms with Crippen molar-refractivity contribution in [2.75, 3.05) is 0 Å². The lowest BCUT2D eigenvalue weighted by Gasteiger charge is -2.28. The summed E-state index contributed by atoms with van der Waals surface area (Å²) in [5.41, 5.74) is -12.4. The number of sulfone groups is 2. The van der Waals surface area contributed by atoms with Gasteiger partial charge in [0.1, 0.15) is 12.2 Å². The smallest absolute Gasteiger partial charge is 0.462 e. The fourth-order valence-electron chi connectivity index (χ4n) is 4.22. The molecule has 0 aromatic heterocycles. The zero-order valence-corrected chi connectivity index (χ0v) is 19.5. The van der Waals surface area contributed by atoms with Crippen LogP contribution in [0.3, 0.4) is 0 Å². The molecular formula is C18H22F6O8S2. The first kappa shape index (κ1) is 28.4. The van der Waals surface area contributed by atoms with E-state index >= 15 is 0 Å². The van der Waals surface area contributed by atoms with Crippen LogP contribution in [0.15, 0.2) is 12.2 Å². The molecule has 2 aliphatic rings. The van der Waals surface area contributed by atoms with Gasteiger partial charge in [0, 0.05) is 12.0 Å². The van der Waals surface area contributed by atoms with Crippen LogP contribution in [0.5, 0.6) is 0 Å². The van der Waals surface area contributed by atoms with Crippen LogP contribution in [0, 0.1) is 17.8 Å². The second kappa shape index (κ2) is 9.32. The Labute approximate surface area is 191 Å². The average molecular weight is 544 g/mol. The second-order valence-electron chi connectivity index (χ2n) is 8.45. The van der Waals surface area contributed by atoms with Gasteiger partial charge in [-0.15, -0.1) is 0 Å². The Balaban J connectivity index is 2.11. The Morgan fingerprint density at radius 3 is 1.82 bits per heavy atom. The Morgan fingerprint density at radius 1 is 0.941 bits per heavy atom. The molecule has 196 valence electrons. The zero-order valence-electron chi connectivity index (χ0n) is 17.8. The molecule has 2 rings (SSSR count). The highest BCUT2D eigenvalue weighted by atomic mass is 32.3. The number of alkyl halides is 6. The summed E-state index contributed by atoms with van der Waals surface area (Å²) in [6.45, 7) is 5.69. The van der Waals surface area contributed by atoms with E-state index in [9.17, 15) is 52.8 Å². The molecule has 8 nitrogen and oxygen atoms in total. The van der Waals surface area contributed by atoms with Crippen molar-refractivity contribution in [2.24, 2.45) is 17.8 Å². The van der Waals surface area contributed by atoms with Crippen molar-refractivity contribution < 1.29 is 62.2 Å². The molecule has 0 spiro atoms. The number of carbonyl (C=O) groups excluding carboxylic acids is 2. The van der Waals surface area contributed by atoms with Crippen LogP contribution >= 0.6 is 0 Å². The maximum absolute atomic E-state index is 12.9. The van der Waals surface area contributed by atoms with E-state index in [0.29, 0.717) is 6.42 Å². The maximum Gasteiger partial charge on any atom is 0.498 e. The third-order valence-electron chi connectivity index (χ3n) is 5.88. The minimum atomic E-state index is -6.82. The van der Waals surface area contributed by atoms with Crippen molar-refractivity contribution in [3.05, 3.63) is 12.2 Å². The zero-order chi connectivity index (χ0) is 26.4. The molecule has 0 saturated heterocycles. The number of rotatable bonds is 8. The standard InChI is InChI=1S/C18H22F6O8S2/c1-8(2)15(25)32-13-7-10-5-11(13)6-12(10)16(26)31-9(3)4-14(33(27,28)17(19,20)21)34(29,30)18(22,23)24/h9-14H,1,4-7H2,2-3H3. The summed E-state index contributed by atoms with van der Waals surface area (Å²) >= 11 is 0. The number of hydrogen-bond acceptors (Lipinski definition) is 8. The lowest BCUT2D eigenvalue weighted by atomic mass is 9.87. The maximum atomic E-state index is 12.9. The van der Waals surface area contributed by atoms with Crippen LogP contribution in [0.4, 0.5) is 26.3 Å². The van der Waals surface area contributed by atoms with Crippen LogP contribution in [0.25, 0.3) is 0 Å². The Kier molecular flexibility index (Phi) is 7.78. The number of esters is 2. The van der Waals surface area contributed by atoms with Crippen LogP contribution in [-0.4, -0.2) is 56.6 Å².